The number of halogens is 1. The topological polar surface area (TPSA) is 68.9 Å². The quantitative estimate of drug-likeness (QED) is 0.562. The fraction of sp³-hybridized carbons (Fsp3) is 0.0833. The summed E-state index contributed by atoms with van der Waals surface area (Å²) in [5, 5.41) is 18.4. The standard InChI is InChI=1S/C12H7ClN6S2/c1-6-9(21-18-14-6)11-17-19-10(15-16-12(19)20-11)7-4-2-3-5-8(7)13/h2-5H,1H3. The normalized spacial score (nSPS) is 11.3. The van der Waals surface area contributed by atoms with Crippen molar-refractivity contribution in [2.75, 3.05) is 0 Å². The van der Waals surface area contributed by atoms with Gasteiger partial charge in [0.05, 0.1) is 10.7 Å². The first-order valence-electron chi connectivity index (χ1n) is 6.00. The Hall–Kier alpha value is -1.90. The predicted molar refractivity (Wildman–Crippen MR) is 82.7 cm³/mol. The van der Waals surface area contributed by atoms with Crippen LogP contribution in [0.3, 0.4) is 0 Å². The van der Waals surface area contributed by atoms with Gasteiger partial charge in [-0.15, -0.1) is 15.3 Å². The third kappa shape index (κ3) is 2.03. The van der Waals surface area contributed by atoms with Crippen LogP contribution in [0.2, 0.25) is 5.02 Å². The van der Waals surface area contributed by atoms with Crippen LogP contribution in [-0.4, -0.2) is 29.4 Å². The first-order valence-corrected chi connectivity index (χ1v) is 7.97. The van der Waals surface area contributed by atoms with Gasteiger partial charge in [-0.05, 0) is 30.6 Å². The summed E-state index contributed by atoms with van der Waals surface area (Å²) in [7, 11) is 0. The van der Waals surface area contributed by atoms with Crippen molar-refractivity contribution in [3.05, 3.63) is 35.0 Å². The van der Waals surface area contributed by atoms with E-state index in [-0.39, 0.29) is 0 Å². The lowest BCUT2D eigenvalue weighted by atomic mass is 10.2. The van der Waals surface area contributed by atoms with Gasteiger partial charge in [-0.2, -0.15) is 9.61 Å². The average molecular weight is 335 g/mol. The first-order chi connectivity index (χ1) is 10.2. The van der Waals surface area contributed by atoms with Crippen LogP contribution in [0, 0.1) is 6.92 Å². The molecule has 0 spiro atoms. The molecule has 4 rings (SSSR count). The molecule has 0 N–H and O–H groups in total. The Labute approximate surface area is 132 Å². The molecule has 0 aliphatic rings. The molecule has 3 heterocycles. The monoisotopic (exact) mass is 334 g/mol. The van der Waals surface area contributed by atoms with Crippen LogP contribution in [0.15, 0.2) is 24.3 Å². The van der Waals surface area contributed by atoms with Gasteiger partial charge in [0.15, 0.2) is 10.8 Å². The average Bonchev–Trinajstić information content (AvgIpc) is 3.14. The fourth-order valence-electron chi connectivity index (χ4n) is 1.95. The molecule has 0 radical (unpaired) electrons. The Morgan fingerprint density at radius 3 is 2.76 bits per heavy atom. The lowest BCUT2D eigenvalue weighted by Gasteiger charge is -1.99. The number of hydrogen-bond acceptors (Lipinski definition) is 7. The molecule has 9 heteroatoms. The number of aromatic nitrogens is 6. The minimum absolute atomic E-state index is 0.622. The molecule has 0 aliphatic carbocycles. The van der Waals surface area contributed by atoms with Crippen LogP contribution in [-0.2, 0) is 0 Å². The van der Waals surface area contributed by atoms with Gasteiger partial charge in [0.1, 0.15) is 4.88 Å². The van der Waals surface area contributed by atoms with E-state index < -0.39 is 0 Å². The van der Waals surface area contributed by atoms with E-state index in [9.17, 15) is 0 Å². The highest BCUT2D eigenvalue weighted by Crippen LogP contribution is 2.32. The molecular weight excluding hydrogens is 328 g/mol. The highest BCUT2D eigenvalue weighted by Gasteiger charge is 2.18. The van der Waals surface area contributed by atoms with Gasteiger partial charge < -0.3 is 0 Å². The molecule has 4 aromatic rings. The van der Waals surface area contributed by atoms with Crippen molar-refractivity contribution in [1.29, 1.82) is 0 Å². The van der Waals surface area contributed by atoms with Crippen molar-refractivity contribution in [2.24, 2.45) is 0 Å². The Morgan fingerprint density at radius 2 is 2.00 bits per heavy atom. The summed E-state index contributed by atoms with van der Waals surface area (Å²) in [6, 6.07) is 7.51. The van der Waals surface area contributed by atoms with E-state index in [1.807, 2.05) is 31.2 Å². The van der Waals surface area contributed by atoms with Crippen molar-refractivity contribution >= 4 is 39.4 Å². The van der Waals surface area contributed by atoms with Crippen LogP contribution < -0.4 is 0 Å². The lowest BCUT2D eigenvalue weighted by Crippen LogP contribution is -1.91. The molecular formula is C12H7ClN6S2. The van der Waals surface area contributed by atoms with Crippen LogP contribution in [0.5, 0.6) is 0 Å². The molecule has 0 unspecified atom stereocenters. The van der Waals surface area contributed by atoms with Crippen LogP contribution in [0.1, 0.15) is 5.69 Å². The van der Waals surface area contributed by atoms with E-state index >= 15 is 0 Å². The molecule has 1 aromatic carbocycles. The fourth-order valence-corrected chi connectivity index (χ4v) is 3.77. The van der Waals surface area contributed by atoms with E-state index in [2.05, 4.69) is 24.9 Å². The molecule has 0 saturated heterocycles. The molecule has 0 fully saturated rings. The number of aryl methyl sites for hydroxylation is 1. The smallest absolute Gasteiger partial charge is 0.182 e. The van der Waals surface area contributed by atoms with Crippen LogP contribution in [0.25, 0.3) is 26.2 Å². The maximum Gasteiger partial charge on any atom is 0.235 e. The summed E-state index contributed by atoms with van der Waals surface area (Å²) in [6.45, 7) is 1.91. The number of fused-ring (bicyclic) bond motifs is 1. The van der Waals surface area contributed by atoms with Crippen LogP contribution >= 0.6 is 34.5 Å². The van der Waals surface area contributed by atoms with Gasteiger partial charge in [-0.25, -0.2) is 0 Å². The Balaban J connectivity index is 1.91. The SMILES string of the molecule is Cc1nnsc1-c1nn2c(-c3ccccc3Cl)nnc2s1. The van der Waals surface area contributed by atoms with Gasteiger partial charge in [-0.3, -0.25) is 0 Å². The van der Waals surface area contributed by atoms with Gasteiger partial charge in [-0.1, -0.05) is 39.6 Å². The van der Waals surface area contributed by atoms with E-state index in [1.54, 1.807) is 4.52 Å². The van der Waals surface area contributed by atoms with E-state index in [1.165, 1.54) is 22.9 Å². The minimum Gasteiger partial charge on any atom is -0.182 e. The Morgan fingerprint density at radius 1 is 1.14 bits per heavy atom. The number of benzene rings is 1. The summed E-state index contributed by atoms with van der Waals surface area (Å²) in [5.74, 6) is 0.633. The zero-order chi connectivity index (χ0) is 14.4. The molecule has 0 bridgehead atoms. The van der Waals surface area contributed by atoms with Gasteiger partial charge in [0.2, 0.25) is 4.96 Å². The van der Waals surface area contributed by atoms with E-state index in [0.29, 0.717) is 15.8 Å². The Bertz CT molecular complexity index is 940. The van der Waals surface area contributed by atoms with Crippen LogP contribution in [0.4, 0.5) is 0 Å². The number of hydrogen-bond donors (Lipinski definition) is 0. The van der Waals surface area contributed by atoms with Crippen molar-refractivity contribution in [1.82, 2.24) is 29.4 Å². The highest BCUT2D eigenvalue weighted by molar-refractivity contribution is 7.23. The largest absolute Gasteiger partial charge is 0.235 e. The molecule has 21 heavy (non-hydrogen) atoms. The first kappa shape index (κ1) is 12.8. The number of rotatable bonds is 2. The minimum atomic E-state index is 0.622. The van der Waals surface area contributed by atoms with E-state index in [4.69, 9.17) is 11.6 Å². The summed E-state index contributed by atoms with van der Waals surface area (Å²) in [5.41, 5.74) is 1.67. The van der Waals surface area contributed by atoms with Gasteiger partial charge in [0, 0.05) is 5.56 Å². The maximum atomic E-state index is 6.22. The van der Waals surface area contributed by atoms with E-state index in [0.717, 1.165) is 21.1 Å². The molecule has 0 amide bonds. The van der Waals surface area contributed by atoms with Gasteiger partial charge >= 0.3 is 0 Å². The third-order valence-corrected chi connectivity index (χ3v) is 5.16. The molecule has 0 aliphatic heterocycles. The molecule has 0 atom stereocenters. The highest BCUT2D eigenvalue weighted by atomic mass is 35.5. The van der Waals surface area contributed by atoms with Gasteiger partial charge in [0.25, 0.3) is 0 Å². The van der Waals surface area contributed by atoms with Crippen molar-refractivity contribution in [2.45, 2.75) is 6.92 Å². The lowest BCUT2D eigenvalue weighted by molar-refractivity contribution is 0.970. The molecule has 104 valence electrons. The summed E-state index contributed by atoms with van der Waals surface area (Å²) < 4.78 is 5.65. The summed E-state index contributed by atoms with van der Waals surface area (Å²) >= 11 is 9.01. The second-order valence-corrected chi connectivity index (χ2v) is 6.41. The molecule has 3 aromatic heterocycles. The second-order valence-electron chi connectivity index (χ2n) is 4.29. The van der Waals surface area contributed by atoms with Crippen molar-refractivity contribution in [3.8, 4) is 21.3 Å². The molecule has 6 nitrogen and oxygen atoms in total. The van der Waals surface area contributed by atoms with Crippen molar-refractivity contribution in [3.63, 3.8) is 0 Å². The Kier molecular flexibility index (Phi) is 2.95. The zero-order valence-corrected chi connectivity index (χ0v) is 13.1. The predicted octanol–water partition coefficient (Wildman–Crippen LogP) is 3.33. The summed E-state index contributed by atoms with van der Waals surface area (Å²) in [4.78, 5) is 1.67. The third-order valence-electron chi connectivity index (χ3n) is 2.95. The molecule has 0 saturated carbocycles. The summed E-state index contributed by atoms with van der Waals surface area (Å²) in [6.07, 6.45) is 0. The number of nitrogens with zero attached hydrogens (tertiary/aromatic N) is 6. The zero-order valence-electron chi connectivity index (χ0n) is 10.7. The maximum absolute atomic E-state index is 6.22. The van der Waals surface area contributed by atoms with Crippen molar-refractivity contribution < 1.29 is 0 Å². The second kappa shape index (κ2) is 4.83.